The van der Waals surface area contributed by atoms with E-state index in [9.17, 15) is 9.90 Å². The van der Waals surface area contributed by atoms with Gasteiger partial charge in [0.15, 0.2) is 11.5 Å². The zero-order chi connectivity index (χ0) is 18.3. The first kappa shape index (κ1) is 16.2. The maximum atomic E-state index is 12.4. The van der Waals surface area contributed by atoms with Crippen molar-refractivity contribution in [3.63, 3.8) is 0 Å². The molecule has 0 fully saturated rings. The van der Waals surface area contributed by atoms with Gasteiger partial charge in [0.05, 0.1) is 18.5 Å². The Morgan fingerprint density at radius 1 is 1.23 bits per heavy atom. The summed E-state index contributed by atoms with van der Waals surface area (Å²) in [6, 6.07) is 14.9. The summed E-state index contributed by atoms with van der Waals surface area (Å²) in [6.45, 7) is 1.94. The first-order valence-corrected chi connectivity index (χ1v) is 8.40. The number of phenols is 1. The number of aryl methyl sites for hydroxylation is 1. The largest absolute Gasteiger partial charge is 0.504 e. The van der Waals surface area contributed by atoms with Crippen molar-refractivity contribution in [2.45, 2.75) is 19.3 Å². The number of rotatable bonds is 3. The number of carbonyl (C=O) groups excluding carboxylic acids is 1. The van der Waals surface area contributed by atoms with E-state index < -0.39 is 0 Å². The summed E-state index contributed by atoms with van der Waals surface area (Å²) in [4.78, 5) is 12.4. The molecule has 1 aromatic heterocycles. The molecule has 26 heavy (non-hydrogen) atoms. The van der Waals surface area contributed by atoms with Crippen LogP contribution in [0.3, 0.4) is 0 Å². The van der Waals surface area contributed by atoms with E-state index in [4.69, 9.17) is 4.74 Å². The predicted octanol–water partition coefficient (Wildman–Crippen LogP) is 3.37. The normalized spacial score (nSPS) is 16.1. The molecule has 0 bridgehead atoms. The highest BCUT2D eigenvalue weighted by molar-refractivity contribution is 5.95. The zero-order valence-corrected chi connectivity index (χ0v) is 14.6. The SMILES string of the molecule is COc1cc(C2CC(=O)Nc3c2c(C)nn3-c2ccccc2)ccc1O. The van der Waals surface area contributed by atoms with Crippen molar-refractivity contribution in [1.29, 1.82) is 0 Å². The lowest BCUT2D eigenvalue weighted by molar-refractivity contribution is -0.116. The molecular formula is C20H19N3O3. The van der Waals surface area contributed by atoms with Crippen molar-refractivity contribution in [2.75, 3.05) is 12.4 Å². The van der Waals surface area contributed by atoms with E-state index in [1.807, 2.05) is 43.3 Å². The summed E-state index contributed by atoms with van der Waals surface area (Å²) in [5.74, 6) is 0.955. The smallest absolute Gasteiger partial charge is 0.226 e. The van der Waals surface area contributed by atoms with Gasteiger partial charge in [-0.05, 0) is 36.8 Å². The van der Waals surface area contributed by atoms with E-state index in [0.29, 0.717) is 18.0 Å². The number of fused-ring (bicyclic) bond motifs is 1. The minimum atomic E-state index is -0.147. The number of hydrogen-bond acceptors (Lipinski definition) is 4. The summed E-state index contributed by atoms with van der Waals surface area (Å²) in [6.07, 6.45) is 0.322. The predicted molar refractivity (Wildman–Crippen MR) is 98.0 cm³/mol. The zero-order valence-electron chi connectivity index (χ0n) is 14.6. The van der Waals surface area contributed by atoms with Crippen LogP contribution < -0.4 is 10.1 Å². The van der Waals surface area contributed by atoms with Gasteiger partial charge in [-0.2, -0.15) is 5.10 Å². The Labute approximate surface area is 151 Å². The van der Waals surface area contributed by atoms with Crippen molar-refractivity contribution >= 4 is 11.7 Å². The van der Waals surface area contributed by atoms with Gasteiger partial charge in [-0.25, -0.2) is 4.68 Å². The number of carbonyl (C=O) groups is 1. The molecule has 0 spiro atoms. The lowest BCUT2D eigenvalue weighted by Gasteiger charge is -2.24. The van der Waals surface area contributed by atoms with Gasteiger partial charge in [0, 0.05) is 17.9 Å². The summed E-state index contributed by atoms with van der Waals surface area (Å²) < 4.78 is 6.99. The molecule has 1 aliphatic rings. The number of anilines is 1. The molecule has 1 atom stereocenters. The van der Waals surface area contributed by atoms with Crippen molar-refractivity contribution in [3.05, 3.63) is 65.4 Å². The Balaban J connectivity index is 1.87. The Morgan fingerprint density at radius 3 is 2.73 bits per heavy atom. The molecular weight excluding hydrogens is 330 g/mol. The molecule has 0 saturated heterocycles. The summed E-state index contributed by atoms with van der Waals surface area (Å²) in [5.41, 5.74) is 3.65. The van der Waals surface area contributed by atoms with Crippen LogP contribution in [0.5, 0.6) is 11.5 Å². The van der Waals surface area contributed by atoms with Crippen LogP contribution in [0.2, 0.25) is 0 Å². The second-order valence-corrected chi connectivity index (χ2v) is 6.33. The van der Waals surface area contributed by atoms with E-state index in [0.717, 1.165) is 22.5 Å². The van der Waals surface area contributed by atoms with Gasteiger partial charge in [0.25, 0.3) is 0 Å². The molecule has 4 rings (SSSR count). The molecule has 1 aliphatic heterocycles. The average molecular weight is 349 g/mol. The number of ether oxygens (including phenoxy) is 1. The van der Waals surface area contributed by atoms with Crippen LogP contribution in [0.1, 0.15) is 29.2 Å². The fraction of sp³-hybridized carbons (Fsp3) is 0.200. The number of amides is 1. The van der Waals surface area contributed by atoms with Crippen LogP contribution in [-0.2, 0) is 4.79 Å². The number of hydrogen-bond donors (Lipinski definition) is 2. The Bertz CT molecular complexity index is 979. The van der Waals surface area contributed by atoms with Gasteiger partial charge in [-0.1, -0.05) is 24.3 Å². The molecule has 132 valence electrons. The third-order valence-electron chi connectivity index (χ3n) is 4.71. The van der Waals surface area contributed by atoms with Crippen LogP contribution >= 0.6 is 0 Å². The fourth-order valence-corrected chi connectivity index (χ4v) is 3.50. The number of methoxy groups -OCH3 is 1. The topological polar surface area (TPSA) is 76.4 Å². The number of aromatic nitrogens is 2. The number of para-hydroxylation sites is 1. The van der Waals surface area contributed by atoms with E-state index in [1.165, 1.54) is 7.11 Å². The summed E-state index contributed by atoms with van der Waals surface area (Å²) >= 11 is 0. The first-order valence-electron chi connectivity index (χ1n) is 8.40. The maximum absolute atomic E-state index is 12.4. The van der Waals surface area contributed by atoms with E-state index in [-0.39, 0.29) is 17.6 Å². The Morgan fingerprint density at radius 2 is 2.00 bits per heavy atom. The van der Waals surface area contributed by atoms with Crippen molar-refractivity contribution in [2.24, 2.45) is 0 Å². The van der Waals surface area contributed by atoms with Crippen LogP contribution in [0.25, 0.3) is 5.69 Å². The molecule has 1 unspecified atom stereocenters. The lowest BCUT2D eigenvalue weighted by Crippen LogP contribution is -2.25. The van der Waals surface area contributed by atoms with Crippen LogP contribution in [0.15, 0.2) is 48.5 Å². The van der Waals surface area contributed by atoms with E-state index >= 15 is 0 Å². The minimum absolute atomic E-state index is 0.0633. The molecule has 1 amide bonds. The Kier molecular flexibility index (Phi) is 3.88. The third kappa shape index (κ3) is 2.60. The van der Waals surface area contributed by atoms with Crippen molar-refractivity contribution in [3.8, 4) is 17.2 Å². The number of benzene rings is 2. The van der Waals surface area contributed by atoms with Gasteiger partial charge in [-0.3, -0.25) is 4.79 Å². The molecule has 0 radical (unpaired) electrons. The maximum Gasteiger partial charge on any atom is 0.226 e. The molecule has 6 heteroatoms. The van der Waals surface area contributed by atoms with E-state index in [2.05, 4.69) is 10.4 Å². The molecule has 2 aromatic carbocycles. The molecule has 0 saturated carbocycles. The average Bonchev–Trinajstić information content (AvgIpc) is 2.98. The van der Waals surface area contributed by atoms with Crippen LogP contribution in [0.4, 0.5) is 5.82 Å². The monoisotopic (exact) mass is 349 g/mol. The fourth-order valence-electron chi connectivity index (χ4n) is 3.50. The van der Waals surface area contributed by atoms with Crippen LogP contribution in [-0.4, -0.2) is 27.9 Å². The standard InChI is InChI=1S/C20H19N3O3/c1-12-19-15(13-8-9-16(24)17(10-13)26-2)11-18(25)21-20(19)23(22-12)14-6-4-3-5-7-14/h3-10,15,24H,11H2,1-2H3,(H,21,25). The summed E-state index contributed by atoms with van der Waals surface area (Å²) in [5, 5.41) is 17.5. The number of nitrogens with zero attached hydrogens (tertiary/aromatic N) is 2. The summed E-state index contributed by atoms with van der Waals surface area (Å²) in [7, 11) is 1.51. The molecule has 2 N–H and O–H groups in total. The highest BCUT2D eigenvalue weighted by Gasteiger charge is 2.33. The molecule has 6 nitrogen and oxygen atoms in total. The minimum Gasteiger partial charge on any atom is -0.504 e. The van der Waals surface area contributed by atoms with Crippen LogP contribution in [0, 0.1) is 6.92 Å². The number of nitrogens with one attached hydrogen (secondary N) is 1. The van der Waals surface area contributed by atoms with E-state index in [1.54, 1.807) is 16.8 Å². The molecule has 0 aliphatic carbocycles. The second kappa shape index (κ2) is 6.22. The molecule has 3 aromatic rings. The number of phenolic OH excluding ortho intramolecular Hbond substituents is 1. The third-order valence-corrected chi connectivity index (χ3v) is 4.71. The van der Waals surface area contributed by atoms with Gasteiger partial charge in [0.1, 0.15) is 5.82 Å². The van der Waals surface area contributed by atoms with Gasteiger partial charge in [-0.15, -0.1) is 0 Å². The lowest BCUT2D eigenvalue weighted by atomic mass is 9.85. The van der Waals surface area contributed by atoms with Gasteiger partial charge in [0.2, 0.25) is 5.91 Å². The van der Waals surface area contributed by atoms with Gasteiger partial charge < -0.3 is 15.2 Å². The highest BCUT2D eigenvalue weighted by Crippen LogP contribution is 2.42. The highest BCUT2D eigenvalue weighted by atomic mass is 16.5. The first-order chi connectivity index (χ1) is 12.6. The quantitative estimate of drug-likeness (QED) is 0.760. The van der Waals surface area contributed by atoms with Crippen molar-refractivity contribution < 1.29 is 14.6 Å². The second-order valence-electron chi connectivity index (χ2n) is 6.33. The molecule has 2 heterocycles. The van der Waals surface area contributed by atoms with Crippen molar-refractivity contribution in [1.82, 2.24) is 9.78 Å². The Hall–Kier alpha value is -3.28. The van der Waals surface area contributed by atoms with Gasteiger partial charge >= 0.3 is 0 Å². The number of aromatic hydroxyl groups is 1.